The molecule has 0 spiro atoms. The Balaban J connectivity index is 2.37. The number of benzene rings is 2. The maximum atomic E-state index is 9.16. The van der Waals surface area contributed by atoms with Crippen molar-refractivity contribution >= 4 is 15.9 Å². The highest BCUT2D eigenvalue weighted by molar-refractivity contribution is 9.10. The third kappa shape index (κ3) is 3.65. The van der Waals surface area contributed by atoms with Gasteiger partial charge in [0.1, 0.15) is 17.6 Å². The lowest BCUT2D eigenvalue weighted by Gasteiger charge is -2.20. The molecule has 2 aromatic rings. The summed E-state index contributed by atoms with van der Waals surface area (Å²) < 4.78 is 6.82. The van der Waals surface area contributed by atoms with Crippen molar-refractivity contribution in [1.29, 1.82) is 5.26 Å². The summed E-state index contributed by atoms with van der Waals surface area (Å²) in [6.45, 7) is 8.58. The first-order valence-electron chi connectivity index (χ1n) is 6.80. The van der Waals surface area contributed by atoms with Crippen LogP contribution in [0.15, 0.2) is 40.9 Å². The first-order chi connectivity index (χ1) is 9.81. The average molecular weight is 344 g/mol. The average Bonchev–Trinajstić information content (AvgIpc) is 2.40. The molecule has 0 N–H and O–H groups in total. The lowest BCUT2D eigenvalue weighted by molar-refractivity contribution is 0.475. The fourth-order valence-corrected chi connectivity index (χ4v) is 2.36. The second-order valence-electron chi connectivity index (χ2n) is 6.08. The minimum atomic E-state index is 0.108. The van der Waals surface area contributed by atoms with Crippen molar-refractivity contribution < 1.29 is 4.74 Å². The summed E-state index contributed by atoms with van der Waals surface area (Å²) in [6, 6.07) is 13.7. The molecule has 2 aromatic carbocycles. The predicted octanol–water partition coefficient (Wildman–Crippen LogP) is 5.72. The van der Waals surface area contributed by atoms with Gasteiger partial charge in [0.15, 0.2) is 0 Å². The second-order valence-corrected chi connectivity index (χ2v) is 7.00. The number of hydrogen-bond acceptors (Lipinski definition) is 2. The first-order valence-corrected chi connectivity index (χ1v) is 7.59. The van der Waals surface area contributed by atoms with E-state index in [0.29, 0.717) is 11.3 Å². The largest absolute Gasteiger partial charge is 0.456 e. The molecule has 0 amide bonds. The van der Waals surface area contributed by atoms with E-state index in [1.54, 1.807) is 6.07 Å². The minimum Gasteiger partial charge on any atom is -0.456 e. The van der Waals surface area contributed by atoms with Crippen LogP contribution in [0.5, 0.6) is 11.5 Å². The Morgan fingerprint density at radius 1 is 1.05 bits per heavy atom. The third-order valence-corrected chi connectivity index (χ3v) is 3.82. The second kappa shape index (κ2) is 5.91. The van der Waals surface area contributed by atoms with Gasteiger partial charge in [-0.3, -0.25) is 0 Å². The molecule has 0 aliphatic carbocycles. The molecule has 0 fully saturated rings. The number of nitriles is 1. The number of rotatable bonds is 2. The topological polar surface area (TPSA) is 33.0 Å². The summed E-state index contributed by atoms with van der Waals surface area (Å²) in [6.07, 6.45) is 0. The molecule has 2 nitrogen and oxygen atoms in total. The van der Waals surface area contributed by atoms with Gasteiger partial charge in [0.05, 0.1) is 5.56 Å². The fourth-order valence-electron chi connectivity index (χ4n) is 2.02. The number of nitrogens with zero attached hydrogens (tertiary/aromatic N) is 1. The van der Waals surface area contributed by atoms with E-state index in [2.05, 4.69) is 54.9 Å². The summed E-state index contributed by atoms with van der Waals surface area (Å²) >= 11 is 3.41. The SMILES string of the molecule is Cc1cc(C(C)(C)C)ccc1Oc1cc(Br)ccc1C#N. The van der Waals surface area contributed by atoms with Crippen LogP contribution in [-0.4, -0.2) is 0 Å². The summed E-state index contributed by atoms with van der Waals surface area (Å²) in [5.74, 6) is 1.34. The van der Waals surface area contributed by atoms with Crippen molar-refractivity contribution in [3.8, 4) is 17.6 Å². The zero-order valence-electron chi connectivity index (χ0n) is 12.7. The molecule has 0 radical (unpaired) electrons. The predicted molar refractivity (Wildman–Crippen MR) is 88.8 cm³/mol. The number of halogens is 1. The van der Waals surface area contributed by atoms with E-state index in [9.17, 15) is 0 Å². The van der Waals surface area contributed by atoms with Gasteiger partial charge in [-0.05, 0) is 47.7 Å². The van der Waals surface area contributed by atoms with Gasteiger partial charge in [-0.25, -0.2) is 0 Å². The van der Waals surface area contributed by atoms with Gasteiger partial charge in [-0.1, -0.05) is 48.8 Å². The molecule has 0 aliphatic rings. The molecule has 0 aromatic heterocycles. The Bertz CT molecular complexity index is 708. The summed E-state index contributed by atoms with van der Waals surface area (Å²) in [5, 5.41) is 9.16. The molecule has 0 saturated heterocycles. The monoisotopic (exact) mass is 343 g/mol. The molecule has 0 bridgehead atoms. The Hall–Kier alpha value is -1.79. The van der Waals surface area contributed by atoms with Crippen molar-refractivity contribution in [3.05, 3.63) is 57.6 Å². The number of hydrogen-bond donors (Lipinski definition) is 0. The van der Waals surface area contributed by atoms with Crippen LogP contribution in [-0.2, 0) is 5.41 Å². The van der Waals surface area contributed by atoms with Crippen molar-refractivity contribution in [1.82, 2.24) is 0 Å². The van der Waals surface area contributed by atoms with E-state index in [1.807, 2.05) is 25.1 Å². The van der Waals surface area contributed by atoms with Crippen LogP contribution in [0.4, 0.5) is 0 Å². The van der Waals surface area contributed by atoms with Gasteiger partial charge < -0.3 is 4.74 Å². The highest BCUT2D eigenvalue weighted by Gasteiger charge is 2.15. The molecule has 0 aliphatic heterocycles. The standard InChI is InChI=1S/C18H18BrNO/c1-12-9-14(18(2,3)4)6-8-16(12)21-17-10-15(19)7-5-13(17)11-20/h5-10H,1-4H3. The normalized spacial score (nSPS) is 11.0. The zero-order chi connectivity index (χ0) is 15.6. The molecule has 0 unspecified atom stereocenters. The molecule has 0 atom stereocenters. The Labute approximate surface area is 134 Å². The van der Waals surface area contributed by atoms with Gasteiger partial charge in [-0.2, -0.15) is 5.26 Å². The van der Waals surface area contributed by atoms with Crippen molar-refractivity contribution in [2.24, 2.45) is 0 Å². The van der Waals surface area contributed by atoms with Crippen molar-refractivity contribution in [2.45, 2.75) is 33.1 Å². The van der Waals surface area contributed by atoms with Crippen LogP contribution in [0.2, 0.25) is 0 Å². The van der Waals surface area contributed by atoms with Crippen LogP contribution >= 0.6 is 15.9 Å². The number of ether oxygens (including phenoxy) is 1. The Morgan fingerprint density at radius 2 is 1.76 bits per heavy atom. The molecule has 3 heteroatoms. The van der Waals surface area contributed by atoms with Crippen molar-refractivity contribution in [2.75, 3.05) is 0 Å². The van der Waals surface area contributed by atoms with Gasteiger partial charge in [0, 0.05) is 4.47 Å². The molecular formula is C18H18BrNO. The van der Waals surface area contributed by atoms with E-state index >= 15 is 0 Å². The lowest BCUT2D eigenvalue weighted by atomic mass is 9.86. The summed E-state index contributed by atoms with van der Waals surface area (Å²) in [4.78, 5) is 0. The fraction of sp³-hybridized carbons (Fsp3) is 0.278. The molecule has 0 saturated carbocycles. The lowest BCUT2D eigenvalue weighted by Crippen LogP contribution is -2.11. The van der Waals surface area contributed by atoms with Crippen LogP contribution in [0.25, 0.3) is 0 Å². The minimum absolute atomic E-state index is 0.108. The van der Waals surface area contributed by atoms with Crippen LogP contribution in [0.3, 0.4) is 0 Å². The van der Waals surface area contributed by atoms with E-state index in [1.165, 1.54) is 5.56 Å². The molecule has 21 heavy (non-hydrogen) atoms. The zero-order valence-corrected chi connectivity index (χ0v) is 14.3. The maximum absolute atomic E-state index is 9.16. The molecular weight excluding hydrogens is 326 g/mol. The van der Waals surface area contributed by atoms with Gasteiger partial charge in [0.2, 0.25) is 0 Å². The quantitative estimate of drug-likeness (QED) is 0.698. The Kier molecular flexibility index (Phi) is 4.39. The van der Waals surface area contributed by atoms with Gasteiger partial charge >= 0.3 is 0 Å². The van der Waals surface area contributed by atoms with Gasteiger partial charge in [0.25, 0.3) is 0 Å². The molecule has 2 rings (SSSR count). The van der Waals surface area contributed by atoms with Crippen molar-refractivity contribution in [3.63, 3.8) is 0 Å². The van der Waals surface area contributed by atoms with E-state index in [-0.39, 0.29) is 5.41 Å². The molecule has 0 heterocycles. The first kappa shape index (κ1) is 15.6. The Morgan fingerprint density at radius 3 is 2.33 bits per heavy atom. The van der Waals surface area contributed by atoms with Crippen LogP contribution < -0.4 is 4.74 Å². The van der Waals surface area contributed by atoms with Crippen LogP contribution in [0, 0.1) is 18.3 Å². The summed E-state index contributed by atoms with van der Waals surface area (Å²) in [5.41, 5.74) is 2.96. The highest BCUT2D eigenvalue weighted by Crippen LogP contribution is 2.32. The molecule has 108 valence electrons. The maximum Gasteiger partial charge on any atom is 0.146 e. The summed E-state index contributed by atoms with van der Waals surface area (Å²) in [7, 11) is 0. The van der Waals surface area contributed by atoms with Gasteiger partial charge in [-0.15, -0.1) is 0 Å². The number of aryl methyl sites for hydroxylation is 1. The van der Waals surface area contributed by atoms with E-state index in [0.717, 1.165) is 15.8 Å². The van der Waals surface area contributed by atoms with Crippen LogP contribution in [0.1, 0.15) is 37.5 Å². The van der Waals surface area contributed by atoms with E-state index in [4.69, 9.17) is 10.00 Å². The van der Waals surface area contributed by atoms with E-state index < -0.39 is 0 Å². The highest BCUT2D eigenvalue weighted by atomic mass is 79.9. The smallest absolute Gasteiger partial charge is 0.146 e. The third-order valence-electron chi connectivity index (χ3n) is 3.32.